The average Bonchev–Trinajstić information content (AvgIpc) is 2.52. The Kier molecular flexibility index (Phi) is 6.09. The quantitative estimate of drug-likeness (QED) is 0.560. The minimum absolute atomic E-state index is 0.110. The van der Waals surface area contributed by atoms with Gasteiger partial charge in [-0.25, -0.2) is 8.42 Å². The van der Waals surface area contributed by atoms with Crippen LogP contribution in [0.1, 0.15) is 5.69 Å². The van der Waals surface area contributed by atoms with E-state index in [2.05, 4.69) is 0 Å². The van der Waals surface area contributed by atoms with E-state index in [0.717, 1.165) is 0 Å². The van der Waals surface area contributed by atoms with Gasteiger partial charge in [-0.2, -0.15) is 4.57 Å². The summed E-state index contributed by atoms with van der Waals surface area (Å²) >= 11 is 0. The van der Waals surface area contributed by atoms with E-state index in [1.165, 1.54) is 0 Å². The first-order chi connectivity index (χ1) is 10.9. The van der Waals surface area contributed by atoms with Crippen LogP contribution in [-0.2, 0) is 23.1 Å². The standard InChI is InChI=1S/C16H19NO5S/c18-15(13-22-16-7-2-1-3-8-16)12-17-10-5-4-6-14(17)9-11-23(19,20)21/h1-8,10,15,18H,9,11-13H2. The van der Waals surface area contributed by atoms with Crippen molar-refractivity contribution in [1.82, 2.24) is 0 Å². The number of benzene rings is 1. The van der Waals surface area contributed by atoms with Crippen molar-refractivity contribution in [2.75, 3.05) is 12.4 Å². The molecule has 1 aromatic heterocycles. The number of aromatic nitrogens is 1. The monoisotopic (exact) mass is 337 g/mol. The first-order valence-corrected chi connectivity index (χ1v) is 8.78. The fourth-order valence-corrected chi connectivity index (χ4v) is 2.59. The van der Waals surface area contributed by atoms with Crippen LogP contribution < -0.4 is 9.30 Å². The van der Waals surface area contributed by atoms with Gasteiger partial charge in [0.05, 0.1) is 10.1 Å². The summed E-state index contributed by atoms with van der Waals surface area (Å²) in [5.74, 6) is 0.204. The lowest BCUT2D eigenvalue weighted by atomic mass is 10.2. The minimum Gasteiger partial charge on any atom is -0.748 e. The molecule has 1 aromatic carbocycles. The summed E-state index contributed by atoms with van der Waals surface area (Å²) in [4.78, 5) is 0. The van der Waals surface area contributed by atoms with Crippen molar-refractivity contribution < 1.29 is 27.4 Å². The van der Waals surface area contributed by atoms with Crippen LogP contribution in [0.3, 0.4) is 0 Å². The number of ether oxygens (including phenoxy) is 1. The zero-order chi connectivity index (χ0) is 16.7. The van der Waals surface area contributed by atoms with Gasteiger partial charge >= 0.3 is 0 Å². The minimum atomic E-state index is -4.26. The molecular formula is C16H19NO5S. The number of pyridine rings is 1. The van der Waals surface area contributed by atoms with Crippen molar-refractivity contribution in [3.05, 3.63) is 60.4 Å². The molecule has 6 nitrogen and oxygen atoms in total. The molecule has 23 heavy (non-hydrogen) atoms. The van der Waals surface area contributed by atoms with Gasteiger partial charge < -0.3 is 14.4 Å². The highest BCUT2D eigenvalue weighted by molar-refractivity contribution is 7.85. The van der Waals surface area contributed by atoms with Crippen LogP contribution >= 0.6 is 0 Å². The maximum Gasteiger partial charge on any atom is 0.182 e. The molecule has 0 aliphatic carbocycles. The molecular weight excluding hydrogens is 318 g/mol. The molecule has 0 saturated heterocycles. The molecule has 1 atom stereocenters. The van der Waals surface area contributed by atoms with Gasteiger partial charge in [-0.05, 0) is 12.1 Å². The van der Waals surface area contributed by atoms with Crippen molar-refractivity contribution >= 4 is 10.1 Å². The Morgan fingerprint density at radius 1 is 1.13 bits per heavy atom. The molecule has 0 spiro atoms. The molecule has 2 rings (SSSR count). The van der Waals surface area contributed by atoms with Gasteiger partial charge in [0.15, 0.2) is 18.4 Å². The highest BCUT2D eigenvalue weighted by Crippen LogP contribution is 2.08. The number of hydrogen-bond donors (Lipinski definition) is 1. The second-order valence-corrected chi connectivity index (χ2v) is 6.66. The Morgan fingerprint density at radius 2 is 1.83 bits per heavy atom. The molecule has 1 unspecified atom stereocenters. The largest absolute Gasteiger partial charge is 0.748 e. The van der Waals surface area contributed by atoms with E-state index in [9.17, 15) is 18.1 Å². The van der Waals surface area contributed by atoms with Crippen molar-refractivity contribution in [3.63, 3.8) is 0 Å². The summed E-state index contributed by atoms with van der Waals surface area (Å²) in [6.07, 6.45) is 1.09. The fraction of sp³-hybridized carbons (Fsp3) is 0.312. The summed E-state index contributed by atoms with van der Waals surface area (Å²) in [5.41, 5.74) is 0.672. The topological polar surface area (TPSA) is 90.5 Å². The lowest BCUT2D eigenvalue weighted by Gasteiger charge is -2.12. The smallest absolute Gasteiger partial charge is 0.182 e. The van der Waals surface area contributed by atoms with Crippen LogP contribution in [0, 0.1) is 0 Å². The lowest BCUT2D eigenvalue weighted by molar-refractivity contribution is -0.710. The van der Waals surface area contributed by atoms with Gasteiger partial charge in [-0.1, -0.05) is 24.3 Å². The SMILES string of the molecule is O=S(=O)([O-])CCc1cccc[n+]1CC(O)COc1ccccc1. The summed E-state index contributed by atoms with van der Waals surface area (Å²) in [6, 6.07) is 14.4. The van der Waals surface area contributed by atoms with Gasteiger partial charge in [-0.15, -0.1) is 0 Å². The number of hydrogen-bond acceptors (Lipinski definition) is 5. The Hall–Kier alpha value is -1.96. The van der Waals surface area contributed by atoms with Gasteiger partial charge in [0.1, 0.15) is 18.5 Å². The van der Waals surface area contributed by atoms with Crippen molar-refractivity contribution in [3.8, 4) is 5.75 Å². The second kappa shape index (κ2) is 8.05. The maximum atomic E-state index is 10.8. The number of rotatable bonds is 8. The molecule has 0 amide bonds. The lowest BCUT2D eigenvalue weighted by Crippen LogP contribution is -2.45. The van der Waals surface area contributed by atoms with E-state index >= 15 is 0 Å². The molecule has 1 N–H and O–H groups in total. The molecule has 0 fully saturated rings. The number of nitrogens with zero attached hydrogens (tertiary/aromatic N) is 1. The van der Waals surface area contributed by atoms with E-state index in [-0.39, 0.29) is 19.6 Å². The van der Waals surface area contributed by atoms with E-state index in [0.29, 0.717) is 11.4 Å². The van der Waals surface area contributed by atoms with Crippen LogP contribution in [0.4, 0.5) is 0 Å². The number of para-hydroxylation sites is 1. The predicted octanol–water partition coefficient (Wildman–Crippen LogP) is 0.502. The molecule has 2 aromatic rings. The third-order valence-corrected chi connectivity index (χ3v) is 3.94. The third kappa shape index (κ3) is 6.35. The first-order valence-electron chi connectivity index (χ1n) is 7.21. The van der Waals surface area contributed by atoms with E-state index in [4.69, 9.17) is 4.74 Å². The fourth-order valence-electron chi connectivity index (χ4n) is 2.14. The number of aliphatic hydroxyl groups excluding tert-OH is 1. The van der Waals surface area contributed by atoms with Crippen LogP contribution in [0.25, 0.3) is 0 Å². The zero-order valence-corrected chi connectivity index (χ0v) is 13.4. The molecule has 0 radical (unpaired) electrons. The van der Waals surface area contributed by atoms with Crippen LogP contribution in [-0.4, -0.2) is 36.5 Å². The molecule has 0 aliphatic rings. The maximum absolute atomic E-state index is 10.8. The second-order valence-electron chi connectivity index (χ2n) is 5.13. The van der Waals surface area contributed by atoms with Gasteiger partial charge in [0.25, 0.3) is 0 Å². The predicted molar refractivity (Wildman–Crippen MR) is 82.8 cm³/mol. The first kappa shape index (κ1) is 17.4. The number of aliphatic hydroxyl groups is 1. The van der Waals surface area contributed by atoms with Crippen LogP contribution in [0.15, 0.2) is 54.7 Å². The Labute approximate surface area is 135 Å². The van der Waals surface area contributed by atoms with E-state index in [1.54, 1.807) is 41.1 Å². The van der Waals surface area contributed by atoms with Crippen molar-refractivity contribution in [2.45, 2.75) is 19.1 Å². The van der Waals surface area contributed by atoms with E-state index < -0.39 is 22.0 Å². The van der Waals surface area contributed by atoms with E-state index in [1.807, 2.05) is 18.2 Å². The molecule has 124 valence electrons. The molecule has 7 heteroatoms. The summed E-state index contributed by atoms with van der Waals surface area (Å²) < 4.78 is 39.5. The van der Waals surface area contributed by atoms with Crippen molar-refractivity contribution in [1.29, 1.82) is 0 Å². The highest BCUT2D eigenvalue weighted by atomic mass is 32.2. The normalized spacial score (nSPS) is 12.8. The summed E-state index contributed by atoms with van der Waals surface area (Å²) in [7, 11) is -4.26. The van der Waals surface area contributed by atoms with Crippen LogP contribution in [0.5, 0.6) is 5.75 Å². The molecule has 1 heterocycles. The highest BCUT2D eigenvalue weighted by Gasteiger charge is 2.16. The molecule has 0 aliphatic heterocycles. The van der Waals surface area contributed by atoms with Crippen molar-refractivity contribution in [2.24, 2.45) is 0 Å². The third-order valence-electron chi connectivity index (χ3n) is 3.24. The Balaban J connectivity index is 1.93. The van der Waals surface area contributed by atoms with Gasteiger partial charge in [-0.3, -0.25) is 0 Å². The Bertz CT molecular complexity index is 718. The molecule has 0 bridgehead atoms. The molecule has 0 saturated carbocycles. The van der Waals surface area contributed by atoms with Gasteiger partial charge in [0, 0.05) is 24.3 Å². The number of aryl methyl sites for hydroxylation is 1. The summed E-state index contributed by atoms with van der Waals surface area (Å²) in [5, 5.41) is 10.1. The Morgan fingerprint density at radius 3 is 2.52 bits per heavy atom. The zero-order valence-electron chi connectivity index (χ0n) is 12.5. The summed E-state index contributed by atoms with van der Waals surface area (Å²) in [6.45, 7) is 0.368. The average molecular weight is 337 g/mol. The van der Waals surface area contributed by atoms with Crippen LogP contribution in [0.2, 0.25) is 0 Å². The van der Waals surface area contributed by atoms with Gasteiger partial charge in [0.2, 0.25) is 0 Å².